The van der Waals surface area contributed by atoms with Crippen molar-refractivity contribution >= 4 is 15.9 Å². The van der Waals surface area contributed by atoms with E-state index in [0.29, 0.717) is 18.7 Å². The molecule has 126 valence electrons. The van der Waals surface area contributed by atoms with Crippen LogP contribution in [-0.4, -0.2) is 28.0 Å². The van der Waals surface area contributed by atoms with E-state index in [1.807, 2.05) is 12.1 Å². The number of ether oxygens (including phenoxy) is 1. The van der Waals surface area contributed by atoms with Crippen LogP contribution in [0.2, 0.25) is 0 Å². The Bertz CT molecular complexity index is 861. The highest BCUT2D eigenvalue weighted by molar-refractivity contribution is 7.89. The maximum absolute atomic E-state index is 12.2. The highest BCUT2D eigenvalue weighted by Crippen LogP contribution is 2.25. The molecule has 0 saturated carbocycles. The van der Waals surface area contributed by atoms with Gasteiger partial charge in [0, 0.05) is 18.5 Å². The molecule has 0 aliphatic carbocycles. The van der Waals surface area contributed by atoms with Crippen molar-refractivity contribution in [2.24, 2.45) is 0 Å². The Morgan fingerprint density at radius 1 is 1.17 bits per heavy atom. The van der Waals surface area contributed by atoms with Gasteiger partial charge in [-0.1, -0.05) is 12.1 Å². The molecule has 24 heavy (non-hydrogen) atoms. The van der Waals surface area contributed by atoms with Gasteiger partial charge in [0.25, 0.3) is 5.91 Å². The zero-order valence-electron chi connectivity index (χ0n) is 13.2. The van der Waals surface area contributed by atoms with Crippen molar-refractivity contribution in [2.45, 2.75) is 17.9 Å². The van der Waals surface area contributed by atoms with E-state index in [1.165, 1.54) is 19.2 Å². The third-order valence-corrected chi connectivity index (χ3v) is 5.34. The molecule has 0 fully saturated rings. The van der Waals surface area contributed by atoms with Crippen LogP contribution in [0.15, 0.2) is 47.4 Å². The normalized spacial score (nSPS) is 13.2. The van der Waals surface area contributed by atoms with Crippen molar-refractivity contribution < 1.29 is 17.9 Å². The number of amides is 1. The van der Waals surface area contributed by atoms with Crippen molar-refractivity contribution in [3.05, 3.63) is 59.2 Å². The highest BCUT2D eigenvalue weighted by atomic mass is 32.2. The van der Waals surface area contributed by atoms with E-state index in [4.69, 9.17) is 4.74 Å². The summed E-state index contributed by atoms with van der Waals surface area (Å²) in [4.78, 5) is 12.4. The number of carbonyl (C=O) groups excluding carboxylic acids is 1. The minimum Gasteiger partial charge on any atom is -0.493 e. The summed E-state index contributed by atoms with van der Waals surface area (Å²) >= 11 is 0. The monoisotopic (exact) mass is 346 g/mol. The summed E-state index contributed by atoms with van der Waals surface area (Å²) in [7, 11) is -2.08. The van der Waals surface area contributed by atoms with Crippen LogP contribution >= 0.6 is 0 Å². The van der Waals surface area contributed by atoms with E-state index in [-0.39, 0.29) is 10.8 Å². The first-order chi connectivity index (χ1) is 11.5. The molecule has 1 heterocycles. The van der Waals surface area contributed by atoms with Gasteiger partial charge in [0.05, 0.1) is 11.5 Å². The fraction of sp³-hybridized carbons (Fsp3) is 0.235. The topological polar surface area (TPSA) is 84.5 Å². The third kappa shape index (κ3) is 3.42. The maximum atomic E-state index is 12.2. The fourth-order valence-corrected chi connectivity index (χ4v) is 3.25. The third-order valence-electron chi connectivity index (χ3n) is 3.91. The van der Waals surface area contributed by atoms with Crippen molar-refractivity contribution in [3.63, 3.8) is 0 Å². The summed E-state index contributed by atoms with van der Waals surface area (Å²) in [5.41, 5.74) is 2.46. The predicted octanol–water partition coefficient (Wildman–Crippen LogP) is 1.46. The van der Waals surface area contributed by atoms with Gasteiger partial charge in [-0.2, -0.15) is 0 Å². The first-order valence-electron chi connectivity index (χ1n) is 7.56. The molecular weight excluding hydrogens is 328 g/mol. The van der Waals surface area contributed by atoms with Crippen LogP contribution < -0.4 is 14.8 Å². The molecule has 0 radical (unpaired) electrons. The molecule has 2 N–H and O–H groups in total. The lowest BCUT2D eigenvalue weighted by Crippen LogP contribution is -2.23. The first kappa shape index (κ1) is 16.5. The minimum absolute atomic E-state index is 0.170. The lowest BCUT2D eigenvalue weighted by molar-refractivity contribution is 0.0951. The Balaban J connectivity index is 1.64. The molecule has 1 amide bonds. The number of rotatable bonds is 5. The summed E-state index contributed by atoms with van der Waals surface area (Å²) in [6, 6.07) is 11.8. The lowest BCUT2D eigenvalue weighted by atomic mass is 10.1. The van der Waals surface area contributed by atoms with Gasteiger partial charge >= 0.3 is 0 Å². The van der Waals surface area contributed by atoms with Gasteiger partial charge in [-0.3, -0.25) is 4.79 Å². The van der Waals surface area contributed by atoms with Crippen LogP contribution in [0.3, 0.4) is 0 Å². The number of fused-ring (bicyclic) bond motifs is 1. The summed E-state index contributed by atoms with van der Waals surface area (Å²) < 4.78 is 31.0. The lowest BCUT2D eigenvalue weighted by Gasteiger charge is -2.08. The maximum Gasteiger partial charge on any atom is 0.251 e. The molecule has 0 spiro atoms. The van der Waals surface area contributed by atoms with Crippen molar-refractivity contribution in [2.75, 3.05) is 13.7 Å². The van der Waals surface area contributed by atoms with Crippen LogP contribution in [0.25, 0.3) is 0 Å². The van der Waals surface area contributed by atoms with Gasteiger partial charge in [0.1, 0.15) is 5.75 Å². The second-order valence-electron chi connectivity index (χ2n) is 5.46. The van der Waals surface area contributed by atoms with E-state index in [9.17, 15) is 13.2 Å². The number of nitrogens with one attached hydrogen (secondary N) is 2. The molecule has 0 unspecified atom stereocenters. The van der Waals surface area contributed by atoms with Crippen LogP contribution in [0, 0.1) is 0 Å². The van der Waals surface area contributed by atoms with Crippen molar-refractivity contribution in [1.29, 1.82) is 0 Å². The quantitative estimate of drug-likeness (QED) is 0.858. The molecule has 2 aromatic carbocycles. The SMILES string of the molecule is CNS(=O)(=O)c1ccc(CNC(=O)c2ccc3c(c2)CCO3)cc1. The Labute approximate surface area is 140 Å². The van der Waals surface area contributed by atoms with Crippen LogP contribution in [0.1, 0.15) is 21.5 Å². The zero-order chi connectivity index (χ0) is 17.2. The van der Waals surface area contributed by atoms with Gasteiger partial charge in [0.15, 0.2) is 0 Å². The average Bonchev–Trinajstić information content (AvgIpc) is 3.07. The Morgan fingerprint density at radius 3 is 2.62 bits per heavy atom. The molecule has 0 aromatic heterocycles. The molecule has 3 rings (SSSR count). The van der Waals surface area contributed by atoms with E-state index < -0.39 is 10.0 Å². The van der Waals surface area contributed by atoms with Crippen molar-refractivity contribution in [3.8, 4) is 5.75 Å². The summed E-state index contributed by atoms with van der Waals surface area (Å²) in [5, 5.41) is 2.83. The first-order valence-corrected chi connectivity index (χ1v) is 9.04. The van der Waals surface area contributed by atoms with Gasteiger partial charge in [-0.15, -0.1) is 0 Å². The second-order valence-corrected chi connectivity index (χ2v) is 7.34. The van der Waals surface area contributed by atoms with Crippen LogP contribution in [0.5, 0.6) is 5.75 Å². The van der Waals surface area contributed by atoms with Crippen LogP contribution in [-0.2, 0) is 23.0 Å². The highest BCUT2D eigenvalue weighted by Gasteiger charge is 2.15. The fourth-order valence-electron chi connectivity index (χ4n) is 2.52. The minimum atomic E-state index is -3.44. The van der Waals surface area contributed by atoms with Crippen LogP contribution in [0.4, 0.5) is 0 Å². The summed E-state index contributed by atoms with van der Waals surface area (Å²) in [6.45, 7) is 0.981. The molecule has 0 atom stereocenters. The Morgan fingerprint density at radius 2 is 1.92 bits per heavy atom. The molecule has 1 aliphatic heterocycles. The number of hydrogen-bond acceptors (Lipinski definition) is 4. The van der Waals surface area contributed by atoms with Crippen molar-refractivity contribution in [1.82, 2.24) is 10.0 Å². The summed E-state index contributed by atoms with van der Waals surface area (Å²) in [5.74, 6) is 0.671. The average molecular weight is 346 g/mol. The Kier molecular flexibility index (Phi) is 4.55. The van der Waals surface area contributed by atoms with E-state index in [1.54, 1.807) is 18.2 Å². The second kappa shape index (κ2) is 6.62. The Hall–Kier alpha value is -2.38. The number of sulfonamides is 1. The smallest absolute Gasteiger partial charge is 0.251 e. The van der Waals surface area contributed by atoms with Gasteiger partial charge in [0.2, 0.25) is 10.0 Å². The number of carbonyl (C=O) groups is 1. The predicted molar refractivity (Wildman–Crippen MR) is 89.5 cm³/mol. The zero-order valence-corrected chi connectivity index (χ0v) is 14.0. The molecule has 2 aromatic rings. The molecule has 7 heteroatoms. The summed E-state index contributed by atoms with van der Waals surface area (Å²) in [6.07, 6.45) is 0.817. The standard InChI is InChI=1S/C17H18N2O4S/c1-18-24(21,22)15-5-2-12(3-6-15)11-19-17(20)14-4-7-16-13(10-14)8-9-23-16/h2-7,10,18H,8-9,11H2,1H3,(H,19,20). The van der Waals surface area contributed by atoms with Gasteiger partial charge < -0.3 is 10.1 Å². The van der Waals surface area contributed by atoms with E-state index >= 15 is 0 Å². The molecular formula is C17H18N2O4S. The van der Waals surface area contributed by atoms with Gasteiger partial charge in [-0.25, -0.2) is 13.1 Å². The number of hydrogen-bond donors (Lipinski definition) is 2. The molecule has 0 saturated heterocycles. The number of benzene rings is 2. The molecule has 0 bridgehead atoms. The van der Waals surface area contributed by atoms with E-state index in [0.717, 1.165) is 23.3 Å². The van der Waals surface area contributed by atoms with Gasteiger partial charge in [-0.05, 0) is 48.5 Å². The largest absolute Gasteiger partial charge is 0.493 e. The molecule has 6 nitrogen and oxygen atoms in total. The molecule has 1 aliphatic rings. The van der Waals surface area contributed by atoms with E-state index in [2.05, 4.69) is 10.0 Å².